The first kappa shape index (κ1) is 14.5. The maximum absolute atomic E-state index is 11.3. The Balaban J connectivity index is 2.08. The second kappa shape index (κ2) is 6.52. The summed E-state index contributed by atoms with van der Waals surface area (Å²) in [4.78, 5) is 15.6. The van der Waals surface area contributed by atoms with Gasteiger partial charge in [0.05, 0.1) is 11.9 Å². The molecule has 2 rings (SSSR count). The van der Waals surface area contributed by atoms with Crippen LogP contribution in [0, 0.1) is 6.92 Å². The second-order valence-electron chi connectivity index (χ2n) is 4.42. The highest BCUT2D eigenvalue weighted by molar-refractivity contribution is 9.10. The Bertz CT molecular complexity index is 611. The zero-order valence-corrected chi connectivity index (χ0v) is 13.0. The molecule has 1 aromatic carbocycles. The number of halogens is 1. The number of carbonyl (C=O) groups is 1. The van der Waals surface area contributed by atoms with E-state index in [2.05, 4.69) is 31.5 Å². The first-order chi connectivity index (χ1) is 9.58. The van der Waals surface area contributed by atoms with Crippen molar-refractivity contribution in [2.45, 2.75) is 20.3 Å². The fourth-order valence-electron chi connectivity index (χ4n) is 1.70. The number of pyridine rings is 1. The molecule has 104 valence electrons. The summed E-state index contributed by atoms with van der Waals surface area (Å²) in [5.41, 5.74) is 2.84. The van der Waals surface area contributed by atoms with E-state index in [1.54, 1.807) is 6.20 Å². The Morgan fingerprint density at radius 3 is 2.70 bits per heavy atom. The summed E-state index contributed by atoms with van der Waals surface area (Å²) in [5, 5.41) is 6.02. The Morgan fingerprint density at radius 1 is 1.30 bits per heavy atom. The van der Waals surface area contributed by atoms with E-state index in [0.717, 1.165) is 21.5 Å². The summed E-state index contributed by atoms with van der Waals surface area (Å²) in [6.45, 7) is 3.85. The molecule has 0 aliphatic carbocycles. The van der Waals surface area contributed by atoms with Gasteiger partial charge in [0.25, 0.3) is 0 Å². The lowest BCUT2D eigenvalue weighted by molar-refractivity contribution is -0.115. The molecular weight excluding hydrogens is 318 g/mol. The van der Waals surface area contributed by atoms with E-state index in [-0.39, 0.29) is 5.91 Å². The van der Waals surface area contributed by atoms with Crippen molar-refractivity contribution in [1.82, 2.24) is 4.98 Å². The van der Waals surface area contributed by atoms with Crippen LogP contribution in [0.2, 0.25) is 0 Å². The molecule has 0 unspecified atom stereocenters. The van der Waals surface area contributed by atoms with Gasteiger partial charge in [-0.05, 0) is 42.8 Å². The van der Waals surface area contributed by atoms with E-state index in [1.807, 2.05) is 44.2 Å². The maximum atomic E-state index is 11.3. The average Bonchev–Trinajstić information content (AvgIpc) is 2.44. The molecule has 5 heteroatoms. The summed E-state index contributed by atoms with van der Waals surface area (Å²) in [5.74, 6) is 0.723. The molecule has 0 fully saturated rings. The molecule has 1 aromatic heterocycles. The minimum atomic E-state index is -0.0173. The van der Waals surface area contributed by atoms with Crippen LogP contribution in [0.3, 0.4) is 0 Å². The molecule has 0 atom stereocenters. The summed E-state index contributed by atoms with van der Waals surface area (Å²) in [7, 11) is 0. The van der Waals surface area contributed by atoms with Gasteiger partial charge in [-0.25, -0.2) is 4.98 Å². The highest BCUT2D eigenvalue weighted by Gasteiger charge is 2.02. The maximum Gasteiger partial charge on any atom is 0.224 e. The molecule has 4 nitrogen and oxygen atoms in total. The Morgan fingerprint density at radius 2 is 2.10 bits per heavy atom. The average molecular weight is 334 g/mol. The van der Waals surface area contributed by atoms with Crippen molar-refractivity contribution >= 4 is 39.0 Å². The number of aryl methyl sites for hydroxylation is 1. The summed E-state index contributed by atoms with van der Waals surface area (Å²) in [6.07, 6.45) is 2.10. The van der Waals surface area contributed by atoms with E-state index in [0.29, 0.717) is 12.1 Å². The van der Waals surface area contributed by atoms with Crippen molar-refractivity contribution < 1.29 is 4.79 Å². The standard InChI is InChI=1S/C15H16BrN3O/c1-3-15(20)18-12-5-7-14(17-9-12)19-13-6-4-11(16)8-10(13)2/h4-9H,3H2,1-2H3,(H,17,19)(H,18,20). The fourth-order valence-corrected chi connectivity index (χ4v) is 2.17. The molecule has 0 saturated carbocycles. The topological polar surface area (TPSA) is 54.0 Å². The van der Waals surface area contributed by atoms with Gasteiger partial charge in [-0.1, -0.05) is 22.9 Å². The van der Waals surface area contributed by atoms with Crippen LogP contribution in [-0.4, -0.2) is 10.9 Å². The van der Waals surface area contributed by atoms with Crippen molar-refractivity contribution in [2.24, 2.45) is 0 Å². The van der Waals surface area contributed by atoms with Crippen molar-refractivity contribution in [2.75, 3.05) is 10.6 Å². The minimum absolute atomic E-state index is 0.0173. The minimum Gasteiger partial charge on any atom is -0.340 e. The first-order valence-corrected chi connectivity index (χ1v) is 7.17. The number of benzene rings is 1. The van der Waals surface area contributed by atoms with Crippen LogP contribution in [0.15, 0.2) is 41.0 Å². The predicted molar refractivity (Wildman–Crippen MR) is 85.3 cm³/mol. The van der Waals surface area contributed by atoms with Gasteiger partial charge >= 0.3 is 0 Å². The number of anilines is 3. The van der Waals surface area contributed by atoms with E-state index in [9.17, 15) is 4.79 Å². The van der Waals surface area contributed by atoms with Crippen molar-refractivity contribution in [3.8, 4) is 0 Å². The fraction of sp³-hybridized carbons (Fsp3) is 0.200. The van der Waals surface area contributed by atoms with Gasteiger partial charge in [0.1, 0.15) is 5.82 Å². The molecule has 0 saturated heterocycles. The van der Waals surface area contributed by atoms with Crippen LogP contribution in [0.1, 0.15) is 18.9 Å². The van der Waals surface area contributed by atoms with Crippen LogP contribution < -0.4 is 10.6 Å². The third-order valence-electron chi connectivity index (χ3n) is 2.82. The summed E-state index contributed by atoms with van der Waals surface area (Å²) in [6, 6.07) is 9.68. The molecule has 0 aliphatic rings. The lowest BCUT2D eigenvalue weighted by Gasteiger charge is -2.10. The van der Waals surface area contributed by atoms with Crippen LogP contribution in [0.4, 0.5) is 17.2 Å². The SMILES string of the molecule is CCC(=O)Nc1ccc(Nc2ccc(Br)cc2C)nc1. The lowest BCUT2D eigenvalue weighted by atomic mass is 10.2. The number of nitrogens with one attached hydrogen (secondary N) is 2. The van der Waals surface area contributed by atoms with Gasteiger partial charge in [-0.15, -0.1) is 0 Å². The highest BCUT2D eigenvalue weighted by Crippen LogP contribution is 2.23. The number of rotatable bonds is 4. The van der Waals surface area contributed by atoms with Crippen molar-refractivity contribution in [3.63, 3.8) is 0 Å². The molecule has 0 radical (unpaired) electrons. The van der Waals surface area contributed by atoms with Gasteiger partial charge in [0.15, 0.2) is 0 Å². The number of carbonyl (C=O) groups excluding carboxylic acids is 1. The molecule has 0 bridgehead atoms. The van der Waals surface area contributed by atoms with Crippen LogP contribution in [0.5, 0.6) is 0 Å². The number of hydrogen-bond donors (Lipinski definition) is 2. The molecule has 20 heavy (non-hydrogen) atoms. The normalized spacial score (nSPS) is 10.2. The van der Waals surface area contributed by atoms with Gasteiger partial charge < -0.3 is 10.6 Å². The smallest absolute Gasteiger partial charge is 0.224 e. The molecule has 2 N–H and O–H groups in total. The third kappa shape index (κ3) is 3.81. The molecule has 1 amide bonds. The zero-order chi connectivity index (χ0) is 14.5. The number of nitrogens with zero attached hydrogens (tertiary/aromatic N) is 1. The summed E-state index contributed by atoms with van der Waals surface area (Å²) < 4.78 is 1.05. The van der Waals surface area contributed by atoms with E-state index in [1.165, 1.54) is 0 Å². The lowest BCUT2D eigenvalue weighted by Crippen LogP contribution is -2.09. The van der Waals surface area contributed by atoms with Gasteiger partial charge in [0.2, 0.25) is 5.91 Å². The molecule has 0 spiro atoms. The highest BCUT2D eigenvalue weighted by atomic mass is 79.9. The van der Waals surface area contributed by atoms with Crippen LogP contribution in [0.25, 0.3) is 0 Å². The molecule has 1 heterocycles. The predicted octanol–water partition coefficient (Wildman–Crippen LogP) is 4.24. The number of amides is 1. The van der Waals surface area contributed by atoms with Crippen molar-refractivity contribution in [3.05, 3.63) is 46.6 Å². The van der Waals surface area contributed by atoms with Gasteiger partial charge in [0, 0.05) is 16.6 Å². The Kier molecular flexibility index (Phi) is 4.74. The third-order valence-corrected chi connectivity index (χ3v) is 3.31. The van der Waals surface area contributed by atoms with Gasteiger partial charge in [-0.2, -0.15) is 0 Å². The Labute approximate surface area is 126 Å². The largest absolute Gasteiger partial charge is 0.340 e. The Hall–Kier alpha value is -1.88. The number of hydrogen-bond acceptors (Lipinski definition) is 3. The monoisotopic (exact) mass is 333 g/mol. The number of aromatic nitrogens is 1. The zero-order valence-electron chi connectivity index (χ0n) is 11.4. The van der Waals surface area contributed by atoms with Crippen LogP contribution >= 0.6 is 15.9 Å². The van der Waals surface area contributed by atoms with E-state index < -0.39 is 0 Å². The van der Waals surface area contributed by atoms with Crippen LogP contribution in [-0.2, 0) is 4.79 Å². The molecule has 0 aliphatic heterocycles. The molecule has 2 aromatic rings. The van der Waals surface area contributed by atoms with Crippen molar-refractivity contribution in [1.29, 1.82) is 0 Å². The second-order valence-corrected chi connectivity index (χ2v) is 5.33. The quantitative estimate of drug-likeness (QED) is 0.879. The first-order valence-electron chi connectivity index (χ1n) is 6.37. The summed E-state index contributed by atoms with van der Waals surface area (Å²) >= 11 is 3.44. The van der Waals surface area contributed by atoms with E-state index in [4.69, 9.17) is 0 Å². The van der Waals surface area contributed by atoms with Gasteiger partial charge in [-0.3, -0.25) is 4.79 Å². The molecular formula is C15H16BrN3O. The van der Waals surface area contributed by atoms with E-state index >= 15 is 0 Å².